The van der Waals surface area contributed by atoms with Crippen molar-refractivity contribution in [1.82, 2.24) is 4.90 Å². The summed E-state index contributed by atoms with van der Waals surface area (Å²) in [5, 5.41) is 0. The van der Waals surface area contributed by atoms with Gasteiger partial charge in [-0.2, -0.15) is 0 Å². The quantitative estimate of drug-likeness (QED) is 0.650. The summed E-state index contributed by atoms with van der Waals surface area (Å²) in [7, 11) is 1.77. The minimum atomic E-state index is 0.833. The van der Waals surface area contributed by atoms with Crippen molar-refractivity contribution in [2.75, 3.05) is 57.1 Å². The predicted molar refractivity (Wildman–Crippen MR) is 80.6 cm³/mol. The van der Waals surface area contributed by atoms with E-state index in [0.29, 0.717) is 0 Å². The van der Waals surface area contributed by atoms with Crippen LogP contribution < -0.4 is 10.6 Å². The maximum absolute atomic E-state index is 5.74. The molecule has 0 aliphatic carbocycles. The Kier molecular flexibility index (Phi) is 5.48. The van der Waals surface area contributed by atoms with Gasteiger partial charge in [0.15, 0.2) is 0 Å². The Labute approximate surface area is 116 Å². The molecule has 1 aromatic rings. The lowest BCUT2D eigenvalue weighted by Crippen LogP contribution is -2.31. The summed E-state index contributed by atoms with van der Waals surface area (Å²) < 4.78 is 5.12. The van der Waals surface area contributed by atoms with E-state index in [2.05, 4.69) is 21.9 Å². The number of nitrogen functional groups attached to an aromatic ring is 1. The Hall–Kier alpha value is -1.26. The molecule has 0 radical (unpaired) electrons. The number of benzene rings is 1. The van der Waals surface area contributed by atoms with Crippen molar-refractivity contribution in [1.29, 1.82) is 0 Å². The number of nitrogens with two attached hydrogens (primary N) is 1. The third-order valence-electron chi connectivity index (χ3n) is 3.67. The summed E-state index contributed by atoms with van der Waals surface area (Å²) >= 11 is 0. The van der Waals surface area contributed by atoms with Crippen LogP contribution in [0.15, 0.2) is 24.3 Å². The standard InChI is InChI=1S/C15H25N3O/c1-19-13-3-9-17-8-2-10-18(12-11-17)15-6-4-14(16)5-7-15/h4-7H,2-3,8-13,16H2,1H3. The van der Waals surface area contributed by atoms with E-state index >= 15 is 0 Å². The average Bonchev–Trinajstić information content (AvgIpc) is 2.66. The monoisotopic (exact) mass is 263 g/mol. The Morgan fingerprint density at radius 2 is 1.89 bits per heavy atom. The molecule has 2 N–H and O–H groups in total. The second kappa shape index (κ2) is 7.36. The van der Waals surface area contributed by atoms with Gasteiger partial charge in [0.25, 0.3) is 0 Å². The van der Waals surface area contributed by atoms with Gasteiger partial charge >= 0.3 is 0 Å². The summed E-state index contributed by atoms with van der Waals surface area (Å²) in [5.41, 5.74) is 7.86. The van der Waals surface area contributed by atoms with E-state index < -0.39 is 0 Å². The van der Waals surface area contributed by atoms with Crippen LogP contribution in [-0.4, -0.2) is 51.3 Å². The van der Waals surface area contributed by atoms with Crippen LogP contribution in [0.4, 0.5) is 11.4 Å². The van der Waals surface area contributed by atoms with Crippen molar-refractivity contribution in [3.05, 3.63) is 24.3 Å². The molecule has 0 amide bonds. The zero-order chi connectivity index (χ0) is 13.5. The van der Waals surface area contributed by atoms with Crippen LogP contribution in [0, 0.1) is 0 Å². The van der Waals surface area contributed by atoms with Gasteiger partial charge in [0.1, 0.15) is 0 Å². The largest absolute Gasteiger partial charge is 0.399 e. The molecule has 4 heteroatoms. The molecule has 2 rings (SSSR count). The molecular formula is C15H25N3O. The molecule has 1 aliphatic heterocycles. The highest BCUT2D eigenvalue weighted by atomic mass is 16.5. The topological polar surface area (TPSA) is 41.7 Å². The molecule has 1 heterocycles. The van der Waals surface area contributed by atoms with Crippen LogP contribution in [-0.2, 0) is 4.74 Å². The number of rotatable bonds is 5. The Morgan fingerprint density at radius 3 is 2.63 bits per heavy atom. The number of nitrogens with zero attached hydrogens (tertiary/aromatic N) is 2. The summed E-state index contributed by atoms with van der Waals surface area (Å²) in [6, 6.07) is 8.21. The summed E-state index contributed by atoms with van der Waals surface area (Å²) in [5.74, 6) is 0. The molecule has 19 heavy (non-hydrogen) atoms. The number of methoxy groups -OCH3 is 1. The van der Waals surface area contributed by atoms with Crippen molar-refractivity contribution in [3.63, 3.8) is 0 Å². The first-order chi connectivity index (χ1) is 9.29. The number of ether oxygens (including phenoxy) is 1. The van der Waals surface area contributed by atoms with Crippen LogP contribution in [0.1, 0.15) is 12.8 Å². The molecule has 0 bridgehead atoms. The zero-order valence-electron chi connectivity index (χ0n) is 11.8. The fourth-order valence-corrected chi connectivity index (χ4v) is 2.57. The SMILES string of the molecule is COCCCN1CCCN(c2ccc(N)cc2)CC1. The van der Waals surface area contributed by atoms with Gasteiger partial charge in [0.05, 0.1) is 0 Å². The highest BCUT2D eigenvalue weighted by Gasteiger charge is 2.14. The molecule has 1 aromatic carbocycles. The smallest absolute Gasteiger partial charge is 0.0474 e. The summed E-state index contributed by atoms with van der Waals surface area (Å²) in [6.07, 6.45) is 2.34. The predicted octanol–water partition coefficient (Wildman–Crippen LogP) is 1.82. The lowest BCUT2D eigenvalue weighted by molar-refractivity contribution is 0.174. The van der Waals surface area contributed by atoms with Crippen LogP contribution in [0.25, 0.3) is 0 Å². The van der Waals surface area contributed by atoms with E-state index in [9.17, 15) is 0 Å². The normalized spacial score (nSPS) is 17.4. The fraction of sp³-hybridized carbons (Fsp3) is 0.600. The molecule has 0 aromatic heterocycles. The molecule has 1 saturated heterocycles. The number of hydrogen-bond acceptors (Lipinski definition) is 4. The molecule has 0 unspecified atom stereocenters. The van der Waals surface area contributed by atoms with Gasteiger partial charge in [-0.15, -0.1) is 0 Å². The first kappa shape index (κ1) is 14.2. The van der Waals surface area contributed by atoms with Gasteiger partial charge in [-0.3, -0.25) is 0 Å². The van der Waals surface area contributed by atoms with Crippen LogP contribution in [0.3, 0.4) is 0 Å². The maximum atomic E-state index is 5.74. The van der Waals surface area contributed by atoms with Crippen molar-refractivity contribution >= 4 is 11.4 Å². The van der Waals surface area contributed by atoms with E-state index in [1.54, 1.807) is 7.11 Å². The summed E-state index contributed by atoms with van der Waals surface area (Å²) in [6.45, 7) is 6.55. The van der Waals surface area contributed by atoms with E-state index in [1.807, 2.05) is 12.1 Å². The molecule has 0 atom stereocenters. The van der Waals surface area contributed by atoms with E-state index in [0.717, 1.165) is 44.9 Å². The van der Waals surface area contributed by atoms with E-state index in [-0.39, 0.29) is 0 Å². The van der Waals surface area contributed by atoms with Gasteiger partial charge in [0, 0.05) is 51.3 Å². The second-order valence-electron chi connectivity index (χ2n) is 5.12. The molecule has 0 saturated carbocycles. The van der Waals surface area contributed by atoms with Gasteiger partial charge < -0.3 is 20.3 Å². The van der Waals surface area contributed by atoms with Crippen molar-refractivity contribution in [2.45, 2.75) is 12.8 Å². The molecule has 1 aliphatic rings. The minimum absolute atomic E-state index is 0.833. The molecule has 4 nitrogen and oxygen atoms in total. The Morgan fingerprint density at radius 1 is 1.11 bits per heavy atom. The zero-order valence-corrected chi connectivity index (χ0v) is 11.8. The van der Waals surface area contributed by atoms with Crippen LogP contribution in [0.5, 0.6) is 0 Å². The first-order valence-corrected chi connectivity index (χ1v) is 7.11. The molecule has 0 spiro atoms. The number of anilines is 2. The van der Waals surface area contributed by atoms with Crippen molar-refractivity contribution in [3.8, 4) is 0 Å². The van der Waals surface area contributed by atoms with Crippen molar-refractivity contribution in [2.24, 2.45) is 0 Å². The van der Waals surface area contributed by atoms with E-state index in [1.165, 1.54) is 18.7 Å². The second-order valence-corrected chi connectivity index (χ2v) is 5.12. The van der Waals surface area contributed by atoms with Gasteiger partial charge in [-0.25, -0.2) is 0 Å². The van der Waals surface area contributed by atoms with Gasteiger partial charge in [-0.05, 0) is 43.7 Å². The third-order valence-corrected chi connectivity index (χ3v) is 3.67. The first-order valence-electron chi connectivity index (χ1n) is 7.11. The number of hydrogen-bond donors (Lipinski definition) is 1. The Bertz CT molecular complexity index is 366. The average molecular weight is 263 g/mol. The minimum Gasteiger partial charge on any atom is -0.399 e. The Balaban J connectivity index is 1.84. The van der Waals surface area contributed by atoms with E-state index in [4.69, 9.17) is 10.5 Å². The molecule has 106 valence electrons. The highest BCUT2D eigenvalue weighted by molar-refractivity contribution is 5.53. The van der Waals surface area contributed by atoms with Crippen LogP contribution >= 0.6 is 0 Å². The van der Waals surface area contributed by atoms with Gasteiger partial charge in [0.2, 0.25) is 0 Å². The molecule has 1 fully saturated rings. The maximum Gasteiger partial charge on any atom is 0.0474 e. The summed E-state index contributed by atoms with van der Waals surface area (Å²) in [4.78, 5) is 4.99. The third kappa shape index (κ3) is 4.40. The molecular weight excluding hydrogens is 238 g/mol. The van der Waals surface area contributed by atoms with Crippen LogP contribution in [0.2, 0.25) is 0 Å². The lowest BCUT2D eigenvalue weighted by Gasteiger charge is -2.23. The van der Waals surface area contributed by atoms with Crippen molar-refractivity contribution < 1.29 is 4.74 Å². The fourth-order valence-electron chi connectivity index (χ4n) is 2.57. The highest BCUT2D eigenvalue weighted by Crippen LogP contribution is 2.18. The lowest BCUT2D eigenvalue weighted by atomic mass is 10.2. The van der Waals surface area contributed by atoms with Gasteiger partial charge in [-0.1, -0.05) is 0 Å².